The van der Waals surface area contributed by atoms with Gasteiger partial charge in [-0.3, -0.25) is 0 Å². The summed E-state index contributed by atoms with van der Waals surface area (Å²) in [5.74, 6) is 0.680. The third kappa shape index (κ3) is 1.62. The van der Waals surface area contributed by atoms with Crippen LogP contribution in [0.25, 0.3) is 11.0 Å². The van der Waals surface area contributed by atoms with Gasteiger partial charge >= 0.3 is 0 Å². The Hall–Kier alpha value is -1.39. The van der Waals surface area contributed by atoms with E-state index in [4.69, 9.17) is 5.73 Å². The molecule has 0 aliphatic heterocycles. The Bertz CT molecular complexity index is 488. The third-order valence-electron chi connectivity index (χ3n) is 2.59. The SMILES string of the molecule is CC(O)c1nc2ccc(CN)cc2n1C. The summed E-state index contributed by atoms with van der Waals surface area (Å²) in [5.41, 5.74) is 8.55. The van der Waals surface area contributed by atoms with E-state index in [1.165, 1.54) is 0 Å². The number of imidazole rings is 1. The second-order valence-electron chi connectivity index (χ2n) is 3.73. The minimum Gasteiger partial charge on any atom is -0.385 e. The maximum Gasteiger partial charge on any atom is 0.138 e. The lowest BCUT2D eigenvalue weighted by Crippen LogP contribution is -2.02. The van der Waals surface area contributed by atoms with Crippen LogP contribution in [0, 0.1) is 0 Å². The smallest absolute Gasteiger partial charge is 0.138 e. The van der Waals surface area contributed by atoms with Crippen LogP contribution in [0.2, 0.25) is 0 Å². The summed E-state index contributed by atoms with van der Waals surface area (Å²) >= 11 is 0. The largest absolute Gasteiger partial charge is 0.385 e. The maximum absolute atomic E-state index is 9.52. The number of benzene rings is 1. The summed E-state index contributed by atoms with van der Waals surface area (Å²) in [6, 6.07) is 5.90. The molecular formula is C11H15N3O. The summed E-state index contributed by atoms with van der Waals surface area (Å²) in [5, 5.41) is 9.52. The molecule has 80 valence electrons. The minimum absolute atomic E-state index is 0.519. The Labute approximate surface area is 88.3 Å². The van der Waals surface area contributed by atoms with Crippen molar-refractivity contribution in [2.24, 2.45) is 12.8 Å². The van der Waals surface area contributed by atoms with E-state index in [9.17, 15) is 5.11 Å². The molecule has 0 saturated heterocycles. The number of aryl methyl sites for hydroxylation is 1. The van der Waals surface area contributed by atoms with E-state index in [0.29, 0.717) is 12.4 Å². The molecule has 0 fully saturated rings. The first-order valence-electron chi connectivity index (χ1n) is 4.97. The summed E-state index contributed by atoms with van der Waals surface area (Å²) in [4.78, 5) is 4.36. The van der Waals surface area contributed by atoms with Crippen LogP contribution in [0.3, 0.4) is 0 Å². The third-order valence-corrected chi connectivity index (χ3v) is 2.59. The molecule has 0 aliphatic carbocycles. The minimum atomic E-state index is -0.552. The molecular weight excluding hydrogens is 190 g/mol. The van der Waals surface area contributed by atoms with E-state index in [1.807, 2.05) is 29.8 Å². The predicted molar refractivity (Wildman–Crippen MR) is 59.2 cm³/mol. The van der Waals surface area contributed by atoms with Crippen LogP contribution in [-0.4, -0.2) is 14.7 Å². The van der Waals surface area contributed by atoms with Gasteiger partial charge in [-0.15, -0.1) is 0 Å². The van der Waals surface area contributed by atoms with E-state index in [1.54, 1.807) is 6.92 Å². The molecule has 2 aromatic rings. The number of aliphatic hydroxyl groups excluding tert-OH is 1. The second-order valence-corrected chi connectivity index (χ2v) is 3.73. The van der Waals surface area contributed by atoms with Crippen molar-refractivity contribution in [1.82, 2.24) is 9.55 Å². The normalized spacial score (nSPS) is 13.3. The molecule has 3 N–H and O–H groups in total. The lowest BCUT2D eigenvalue weighted by atomic mass is 10.2. The standard InChI is InChI=1S/C11H15N3O/c1-7(15)11-13-9-4-3-8(6-12)5-10(9)14(11)2/h3-5,7,15H,6,12H2,1-2H3. The Kier molecular flexibility index (Phi) is 2.46. The summed E-state index contributed by atoms with van der Waals surface area (Å²) in [7, 11) is 1.90. The van der Waals surface area contributed by atoms with Crippen molar-refractivity contribution < 1.29 is 5.11 Å². The summed E-state index contributed by atoms with van der Waals surface area (Å²) in [6.45, 7) is 2.23. The Balaban J connectivity index is 2.66. The van der Waals surface area contributed by atoms with Crippen LogP contribution in [0.15, 0.2) is 18.2 Å². The molecule has 1 aromatic carbocycles. The number of hydrogen-bond acceptors (Lipinski definition) is 3. The first-order chi connectivity index (χ1) is 7.13. The van der Waals surface area contributed by atoms with Gasteiger partial charge in [0.25, 0.3) is 0 Å². The molecule has 15 heavy (non-hydrogen) atoms. The Morgan fingerprint density at radius 3 is 2.87 bits per heavy atom. The molecule has 4 nitrogen and oxygen atoms in total. The molecule has 0 saturated carbocycles. The van der Waals surface area contributed by atoms with E-state index in [2.05, 4.69) is 4.98 Å². The van der Waals surface area contributed by atoms with E-state index < -0.39 is 6.10 Å². The molecule has 0 aliphatic rings. The lowest BCUT2D eigenvalue weighted by Gasteiger charge is -2.04. The number of hydrogen-bond donors (Lipinski definition) is 2. The highest BCUT2D eigenvalue weighted by Crippen LogP contribution is 2.20. The van der Waals surface area contributed by atoms with Crippen LogP contribution >= 0.6 is 0 Å². The molecule has 4 heteroatoms. The molecule has 1 unspecified atom stereocenters. The highest BCUT2D eigenvalue weighted by molar-refractivity contribution is 5.76. The maximum atomic E-state index is 9.52. The number of aliphatic hydroxyl groups is 1. The van der Waals surface area contributed by atoms with E-state index in [-0.39, 0.29) is 0 Å². The van der Waals surface area contributed by atoms with Crippen LogP contribution in [0.1, 0.15) is 24.4 Å². The molecule has 0 bridgehead atoms. The highest BCUT2D eigenvalue weighted by Gasteiger charge is 2.11. The van der Waals surface area contributed by atoms with Crippen molar-refractivity contribution in [1.29, 1.82) is 0 Å². The molecule has 1 aromatic heterocycles. The van der Waals surface area contributed by atoms with Gasteiger partial charge in [0, 0.05) is 13.6 Å². The van der Waals surface area contributed by atoms with Gasteiger partial charge in [0.1, 0.15) is 11.9 Å². The fourth-order valence-corrected chi connectivity index (χ4v) is 1.75. The molecule has 0 radical (unpaired) electrons. The first kappa shape index (κ1) is 10.1. The van der Waals surface area contributed by atoms with Gasteiger partial charge in [-0.25, -0.2) is 4.98 Å². The van der Waals surface area contributed by atoms with Gasteiger partial charge in [0.15, 0.2) is 0 Å². The monoisotopic (exact) mass is 205 g/mol. The Morgan fingerprint density at radius 1 is 1.53 bits per heavy atom. The number of rotatable bonds is 2. The topological polar surface area (TPSA) is 64.1 Å². The average molecular weight is 205 g/mol. The van der Waals surface area contributed by atoms with Crippen LogP contribution in [-0.2, 0) is 13.6 Å². The zero-order valence-corrected chi connectivity index (χ0v) is 8.94. The van der Waals surface area contributed by atoms with Crippen molar-refractivity contribution in [2.45, 2.75) is 19.6 Å². The molecule has 1 atom stereocenters. The fraction of sp³-hybridized carbons (Fsp3) is 0.364. The van der Waals surface area contributed by atoms with Gasteiger partial charge in [0.2, 0.25) is 0 Å². The number of nitrogens with two attached hydrogens (primary N) is 1. The second kappa shape index (κ2) is 3.64. The van der Waals surface area contributed by atoms with Gasteiger partial charge in [0.05, 0.1) is 11.0 Å². The number of aromatic nitrogens is 2. The molecule has 0 amide bonds. The van der Waals surface area contributed by atoms with Gasteiger partial charge in [-0.1, -0.05) is 6.07 Å². The summed E-state index contributed by atoms with van der Waals surface area (Å²) in [6.07, 6.45) is -0.552. The number of fused-ring (bicyclic) bond motifs is 1. The van der Waals surface area contributed by atoms with Crippen molar-refractivity contribution >= 4 is 11.0 Å². The van der Waals surface area contributed by atoms with E-state index in [0.717, 1.165) is 16.6 Å². The van der Waals surface area contributed by atoms with Crippen LogP contribution in [0.4, 0.5) is 0 Å². The van der Waals surface area contributed by atoms with Crippen molar-refractivity contribution in [3.8, 4) is 0 Å². The zero-order valence-electron chi connectivity index (χ0n) is 8.94. The van der Waals surface area contributed by atoms with Gasteiger partial charge < -0.3 is 15.4 Å². The average Bonchev–Trinajstić information content (AvgIpc) is 2.56. The van der Waals surface area contributed by atoms with Crippen molar-refractivity contribution in [2.75, 3.05) is 0 Å². The lowest BCUT2D eigenvalue weighted by molar-refractivity contribution is 0.186. The van der Waals surface area contributed by atoms with Gasteiger partial charge in [-0.2, -0.15) is 0 Å². The van der Waals surface area contributed by atoms with Gasteiger partial charge in [-0.05, 0) is 24.6 Å². The molecule has 2 rings (SSSR count). The van der Waals surface area contributed by atoms with E-state index >= 15 is 0 Å². The number of nitrogens with zero attached hydrogens (tertiary/aromatic N) is 2. The first-order valence-corrected chi connectivity index (χ1v) is 4.97. The molecule has 0 spiro atoms. The summed E-state index contributed by atoms with van der Waals surface area (Å²) < 4.78 is 1.90. The zero-order chi connectivity index (χ0) is 11.0. The fourth-order valence-electron chi connectivity index (χ4n) is 1.75. The van der Waals surface area contributed by atoms with Crippen LogP contribution in [0.5, 0.6) is 0 Å². The Morgan fingerprint density at radius 2 is 2.27 bits per heavy atom. The van der Waals surface area contributed by atoms with Crippen LogP contribution < -0.4 is 5.73 Å². The molecule has 1 heterocycles. The quantitative estimate of drug-likeness (QED) is 0.771. The predicted octanol–water partition coefficient (Wildman–Crippen LogP) is 1.09. The van der Waals surface area contributed by atoms with Crippen molar-refractivity contribution in [3.63, 3.8) is 0 Å². The highest BCUT2D eigenvalue weighted by atomic mass is 16.3. The van der Waals surface area contributed by atoms with Crippen molar-refractivity contribution in [3.05, 3.63) is 29.6 Å².